The standard InChI is InChI=1S/C16H18F2N2/c1-10(2)11-3-6-13(7-4-11)20-15-8-5-12(19)9-14(15)16(17)18/h3-10,16,20H,19H2,1-2H3. The van der Waals surface area contributed by atoms with Crippen molar-refractivity contribution in [2.45, 2.75) is 26.2 Å². The van der Waals surface area contributed by atoms with Gasteiger partial charge in [-0.2, -0.15) is 0 Å². The summed E-state index contributed by atoms with van der Waals surface area (Å²) in [7, 11) is 0. The Labute approximate surface area is 117 Å². The molecule has 106 valence electrons. The molecule has 2 aromatic rings. The van der Waals surface area contributed by atoms with Crippen molar-refractivity contribution in [1.29, 1.82) is 0 Å². The summed E-state index contributed by atoms with van der Waals surface area (Å²) in [5.74, 6) is 0.442. The van der Waals surface area contributed by atoms with Crippen molar-refractivity contribution in [3.05, 3.63) is 53.6 Å². The van der Waals surface area contributed by atoms with E-state index in [1.807, 2.05) is 24.3 Å². The Hall–Kier alpha value is -2.10. The lowest BCUT2D eigenvalue weighted by Gasteiger charge is -2.13. The van der Waals surface area contributed by atoms with Gasteiger partial charge in [-0.05, 0) is 41.8 Å². The second-order valence-corrected chi connectivity index (χ2v) is 5.05. The molecular weight excluding hydrogens is 258 g/mol. The lowest BCUT2D eigenvalue weighted by atomic mass is 10.0. The second kappa shape index (κ2) is 5.90. The van der Waals surface area contributed by atoms with Gasteiger partial charge in [0.2, 0.25) is 0 Å². The van der Waals surface area contributed by atoms with E-state index in [4.69, 9.17) is 5.73 Å². The molecule has 0 amide bonds. The van der Waals surface area contributed by atoms with Gasteiger partial charge >= 0.3 is 0 Å². The highest BCUT2D eigenvalue weighted by Gasteiger charge is 2.13. The predicted molar refractivity (Wildman–Crippen MR) is 79.6 cm³/mol. The molecule has 0 bridgehead atoms. The number of rotatable bonds is 4. The summed E-state index contributed by atoms with van der Waals surface area (Å²) in [6.45, 7) is 4.22. The van der Waals surface area contributed by atoms with Crippen LogP contribution in [0.1, 0.15) is 37.3 Å². The average molecular weight is 276 g/mol. The van der Waals surface area contributed by atoms with Gasteiger partial charge in [0.15, 0.2) is 0 Å². The van der Waals surface area contributed by atoms with Gasteiger partial charge in [0.25, 0.3) is 6.43 Å². The molecule has 0 heterocycles. The van der Waals surface area contributed by atoms with Crippen LogP contribution in [-0.4, -0.2) is 0 Å². The van der Waals surface area contributed by atoms with Crippen LogP contribution in [0.15, 0.2) is 42.5 Å². The Morgan fingerprint density at radius 2 is 1.65 bits per heavy atom. The number of anilines is 3. The van der Waals surface area contributed by atoms with Crippen LogP contribution >= 0.6 is 0 Å². The van der Waals surface area contributed by atoms with E-state index < -0.39 is 6.43 Å². The molecule has 0 aliphatic rings. The first-order valence-corrected chi connectivity index (χ1v) is 6.52. The molecular formula is C16H18F2N2. The first-order valence-electron chi connectivity index (χ1n) is 6.52. The number of halogens is 2. The molecule has 0 fully saturated rings. The molecule has 0 radical (unpaired) electrons. The van der Waals surface area contributed by atoms with E-state index in [0.29, 0.717) is 17.3 Å². The van der Waals surface area contributed by atoms with E-state index in [1.165, 1.54) is 11.6 Å². The lowest BCUT2D eigenvalue weighted by molar-refractivity contribution is 0.152. The highest BCUT2D eigenvalue weighted by atomic mass is 19.3. The van der Waals surface area contributed by atoms with E-state index in [-0.39, 0.29) is 5.56 Å². The monoisotopic (exact) mass is 276 g/mol. The number of nitrogens with two attached hydrogens (primary N) is 1. The van der Waals surface area contributed by atoms with Crippen molar-refractivity contribution >= 4 is 17.1 Å². The summed E-state index contributed by atoms with van der Waals surface area (Å²) in [5.41, 5.74) is 8.17. The SMILES string of the molecule is CC(C)c1ccc(Nc2ccc(N)cc2C(F)F)cc1. The van der Waals surface area contributed by atoms with Gasteiger partial charge in [0, 0.05) is 22.6 Å². The molecule has 0 spiro atoms. The van der Waals surface area contributed by atoms with Crippen molar-refractivity contribution in [3.63, 3.8) is 0 Å². The molecule has 0 aliphatic heterocycles. The highest BCUT2D eigenvalue weighted by Crippen LogP contribution is 2.31. The molecule has 0 aliphatic carbocycles. The Kier molecular flexibility index (Phi) is 4.23. The van der Waals surface area contributed by atoms with Crippen molar-refractivity contribution in [1.82, 2.24) is 0 Å². The van der Waals surface area contributed by atoms with E-state index in [2.05, 4.69) is 19.2 Å². The number of hydrogen-bond acceptors (Lipinski definition) is 2. The average Bonchev–Trinajstić information content (AvgIpc) is 2.41. The van der Waals surface area contributed by atoms with E-state index in [9.17, 15) is 8.78 Å². The number of alkyl halides is 2. The fourth-order valence-corrected chi connectivity index (χ4v) is 1.98. The quantitative estimate of drug-likeness (QED) is 0.765. The number of nitrogen functional groups attached to an aromatic ring is 1. The van der Waals surface area contributed by atoms with Crippen LogP contribution in [0.3, 0.4) is 0 Å². The van der Waals surface area contributed by atoms with Crippen LogP contribution in [0.2, 0.25) is 0 Å². The van der Waals surface area contributed by atoms with Gasteiger partial charge in [0.05, 0.1) is 0 Å². The van der Waals surface area contributed by atoms with Gasteiger partial charge in [-0.15, -0.1) is 0 Å². The van der Waals surface area contributed by atoms with Crippen LogP contribution in [-0.2, 0) is 0 Å². The summed E-state index contributed by atoms with van der Waals surface area (Å²) in [4.78, 5) is 0. The van der Waals surface area contributed by atoms with Crippen molar-refractivity contribution in [3.8, 4) is 0 Å². The molecule has 2 nitrogen and oxygen atoms in total. The maximum atomic E-state index is 13.0. The van der Waals surface area contributed by atoms with Crippen LogP contribution in [0.5, 0.6) is 0 Å². The van der Waals surface area contributed by atoms with Crippen LogP contribution in [0.4, 0.5) is 25.8 Å². The maximum absolute atomic E-state index is 13.0. The fourth-order valence-electron chi connectivity index (χ4n) is 1.98. The first-order chi connectivity index (χ1) is 9.47. The Morgan fingerprint density at radius 1 is 1.00 bits per heavy atom. The topological polar surface area (TPSA) is 38.0 Å². The lowest BCUT2D eigenvalue weighted by Crippen LogP contribution is -1.98. The summed E-state index contributed by atoms with van der Waals surface area (Å²) in [6.07, 6.45) is -2.56. The maximum Gasteiger partial charge on any atom is 0.265 e. The number of nitrogens with one attached hydrogen (secondary N) is 1. The van der Waals surface area contributed by atoms with E-state index in [1.54, 1.807) is 12.1 Å². The minimum Gasteiger partial charge on any atom is -0.399 e. The van der Waals surface area contributed by atoms with Gasteiger partial charge < -0.3 is 11.1 Å². The van der Waals surface area contributed by atoms with Gasteiger partial charge in [-0.25, -0.2) is 8.78 Å². The third-order valence-electron chi connectivity index (χ3n) is 3.17. The van der Waals surface area contributed by atoms with E-state index >= 15 is 0 Å². The second-order valence-electron chi connectivity index (χ2n) is 5.05. The third-order valence-corrected chi connectivity index (χ3v) is 3.17. The minimum absolute atomic E-state index is 0.0852. The summed E-state index contributed by atoms with van der Waals surface area (Å²) < 4.78 is 26.0. The molecule has 20 heavy (non-hydrogen) atoms. The normalized spacial score (nSPS) is 11.1. The van der Waals surface area contributed by atoms with Gasteiger partial charge in [-0.3, -0.25) is 0 Å². The number of benzene rings is 2. The predicted octanol–water partition coefficient (Wildman–Crippen LogP) is 5.07. The van der Waals surface area contributed by atoms with Crippen molar-refractivity contribution in [2.75, 3.05) is 11.1 Å². The molecule has 0 atom stereocenters. The molecule has 4 heteroatoms. The molecule has 2 rings (SSSR count). The third kappa shape index (κ3) is 3.26. The molecule has 0 saturated heterocycles. The van der Waals surface area contributed by atoms with Crippen LogP contribution < -0.4 is 11.1 Å². The smallest absolute Gasteiger partial charge is 0.265 e. The van der Waals surface area contributed by atoms with Gasteiger partial charge in [0.1, 0.15) is 0 Å². The van der Waals surface area contributed by atoms with Gasteiger partial charge in [-0.1, -0.05) is 26.0 Å². The minimum atomic E-state index is -2.56. The summed E-state index contributed by atoms with van der Waals surface area (Å²) >= 11 is 0. The highest BCUT2D eigenvalue weighted by molar-refractivity contribution is 5.66. The zero-order valence-corrected chi connectivity index (χ0v) is 11.5. The molecule has 2 aromatic carbocycles. The summed E-state index contributed by atoms with van der Waals surface area (Å²) in [5, 5.41) is 3.01. The molecule has 0 saturated carbocycles. The molecule has 3 N–H and O–H groups in total. The van der Waals surface area contributed by atoms with Crippen molar-refractivity contribution < 1.29 is 8.78 Å². The zero-order chi connectivity index (χ0) is 14.7. The van der Waals surface area contributed by atoms with Crippen LogP contribution in [0, 0.1) is 0 Å². The summed E-state index contributed by atoms with van der Waals surface area (Å²) in [6, 6.07) is 12.2. The number of hydrogen-bond donors (Lipinski definition) is 2. The van der Waals surface area contributed by atoms with Crippen molar-refractivity contribution in [2.24, 2.45) is 0 Å². The van der Waals surface area contributed by atoms with Crippen LogP contribution in [0.25, 0.3) is 0 Å². The van der Waals surface area contributed by atoms with E-state index in [0.717, 1.165) is 5.69 Å². The first kappa shape index (κ1) is 14.3. The Morgan fingerprint density at radius 3 is 2.20 bits per heavy atom. The zero-order valence-electron chi connectivity index (χ0n) is 11.5. The Bertz CT molecular complexity index is 578. The largest absolute Gasteiger partial charge is 0.399 e. The molecule has 0 unspecified atom stereocenters. The fraction of sp³-hybridized carbons (Fsp3) is 0.250. The molecule has 0 aromatic heterocycles. The Balaban J connectivity index is 2.25.